The van der Waals surface area contributed by atoms with Crippen LogP contribution < -0.4 is 0 Å². The second-order valence-corrected chi connectivity index (χ2v) is 2.98. The number of Topliss-reactive ketones (excluding diaryl/α,β-unsaturated/α-hetero) is 1. The number of ketones is 1. The van der Waals surface area contributed by atoms with Gasteiger partial charge in [-0.05, 0) is 19.4 Å². The van der Waals surface area contributed by atoms with Gasteiger partial charge >= 0.3 is 0 Å². The van der Waals surface area contributed by atoms with E-state index in [1.807, 2.05) is 13.1 Å². The van der Waals surface area contributed by atoms with Gasteiger partial charge in [0.05, 0.1) is 5.69 Å². The minimum absolute atomic E-state index is 0.181. The second kappa shape index (κ2) is 3.52. The summed E-state index contributed by atoms with van der Waals surface area (Å²) < 4.78 is 1.78. The Hall–Kier alpha value is -1.12. The number of hydrogen-bond donors (Lipinski definition) is 0. The summed E-state index contributed by atoms with van der Waals surface area (Å²) >= 11 is 0. The predicted molar refractivity (Wildman–Crippen MR) is 47.0 cm³/mol. The van der Waals surface area contributed by atoms with Crippen molar-refractivity contribution in [2.45, 2.75) is 26.7 Å². The third-order valence-electron chi connectivity index (χ3n) is 1.82. The topological polar surface area (TPSA) is 34.9 Å². The normalized spacial score (nSPS) is 10.2. The van der Waals surface area contributed by atoms with Crippen molar-refractivity contribution in [3.63, 3.8) is 0 Å². The zero-order valence-electron chi connectivity index (χ0n) is 7.79. The number of aryl methyl sites for hydroxylation is 2. The van der Waals surface area contributed by atoms with E-state index in [1.54, 1.807) is 11.6 Å². The van der Waals surface area contributed by atoms with Gasteiger partial charge in [0.25, 0.3) is 0 Å². The zero-order chi connectivity index (χ0) is 9.14. The summed E-state index contributed by atoms with van der Waals surface area (Å²) in [6.45, 7) is 3.65. The van der Waals surface area contributed by atoms with Gasteiger partial charge in [0.15, 0.2) is 0 Å². The SMILES string of the molecule is CCc1cc(CC(C)=O)n(C)n1. The lowest BCUT2D eigenvalue weighted by atomic mass is 10.2. The Kier molecular flexibility index (Phi) is 2.63. The van der Waals surface area contributed by atoms with Crippen molar-refractivity contribution in [3.05, 3.63) is 17.5 Å². The number of aromatic nitrogens is 2. The molecule has 12 heavy (non-hydrogen) atoms. The fraction of sp³-hybridized carbons (Fsp3) is 0.556. The maximum Gasteiger partial charge on any atom is 0.135 e. The van der Waals surface area contributed by atoms with Crippen molar-refractivity contribution in [1.29, 1.82) is 0 Å². The van der Waals surface area contributed by atoms with Crippen LogP contribution in [0.25, 0.3) is 0 Å². The number of hydrogen-bond acceptors (Lipinski definition) is 2. The minimum Gasteiger partial charge on any atom is -0.300 e. The third-order valence-corrected chi connectivity index (χ3v) is 1.82. The maximum absolute atomic E-state index is 10.8. The van der Waals surface area contributed by atoms with Gasteiger partial charge < -0.3 is 0 Å². The van der Waals surface area contributed by atoms with E-state index < -0.39 is 0 Å². The largest absolute Gasteiger partial charge is 0.300 e. The van der Waals surface area contributed by atoms with Crippen LogP contribution in [0.1, 0.15) is 25.2 Å². The first-order chi connectivity index (χ1) is 5.63. The molecule has 3 heteroatoms. The van der Waals surface area contributed by atoms with Gasteiger partial charge in [-0.2, -0.15) is 5.10 Å². The van der Waals surface area contributed by atoms with Gasteiger partial charge in [0.2, 0.25) is 0 Å². The molecule has 1 heterocycles. The van der Waals surface area contributed by atoms with Gasteiger partial charge in [-0.1, -0.05) is 6.92 Å². The quantitative estimate of drug-likeness (QED) is 0.674. The average Bonchev–Trinajstić information content (AvgIpc) is 2.31. The fourth-order valence-corrected chi connectivity index (χ4v) is 1.16. The molecule has 0 aliphatic rings. The van der Waals surface area contributed by atoms with Crippen LogP contribution in [0.15, 0.2) is 6.07 Å². The van der Waals surface area contributed by atoms with E-state index in [9.17, 15) is 4.79 Å². The van der Waals surface area contributed by atoms with Crippen molar-refractivity contribution < 1.29 is 4.79 Å². The summed E-state index contributed by atoms with van der Waals surface area (Å²) in [6, 6.07) is 1.99. The standard InChI is InChI=1S/C9H14N2O/c1-4-8-6-9(5-7(2)12)11(3)10-8/h6H,4-5H2,1-3H3. The van der Waals surface area contributed by atoms with Crippen LogP contribution in [0.4, 0.5) is 0 Å². The van der Waals surface area contributed by atoms with Gasteiger partial charge in [-0.15, -0.1) is 0 Å². The molecule has 0 fully saturated rings. The van der Waals surface area contributed by atoms with E-state index in [0.717, 1.165) is 17.8 Å². The zero-order valence-corrected chi connectivity index (χ0v) is 7.79. The maximum atomic E-state index is 10.8. The number of nitrogens with zero attached hydrogens (tertiary/aromatic N) is 2. The Labute approximate surface area is 72.4 Å². The molecule has 0 aliphatic carbocycles. The van der Waals surface area contributed by atoms with Crippen molar-refractivity contribution in [2.24, 2.45) is 7.05 Å². The van der Waals surface area contributed by atoms with Crippen LogP contribution in [-0.2, 0) is 24.7 Å². The lowest BCUT2D eigenvalue weighted by molar-refractivity contribution is -0.116. The first-order valence-corrected chi connectivity index (χ1v) is 4.14. The molecule has 0 saturated carbocycles. The number of rotatable bonds is 3. The molecule has 1 aromatic rings. The van der Waals surface area contributed by atoms with Crippen LogP contribution in [0.3, 0.4) is 0 Å². The van der Waals surface area contributed by atoms with Crippen molar-refractivity contribution in [1.82, 2.24) is 9.78 Å². The summed E-state index contributed by atoms with van der Waals surface area (Å²) in [5, 5.41) is 4.25. The molecule has 0 N–H and O–H groups in total. The Bertz CT molecular complexity index is 289. The highest BCUT2D eigenvalue weighted by molar-refractivity contribution is 5.77. The summed E-state index contributed by atoms with van der Waals surface area (Å²) in [6.07, 6.45) is 1.41. The Morgan fingerprint density at radius 2 is 2.33 bits per heavy atom. The highest BCUT2D eigenvalue weighted by atomic mass is 16.1. The molecule has 0 unspecified atom stereocenters. The minimum atomic E-state index is 0.181. The molecule has 0 radical (unpaired) electrons. The molecular formula is C9H14N2O. The van der Waals surface area contributed by atoms with Gasteiger partial charge in [-0.3, -0.25) is 9.48 Å². The van der Waals surface area contributed by atoms with Crippen LogP contribution in [0, 0.1) is 0 Å². The molecule has 66 valence electrons. The predicted octanol–water partition coefficient (Wildman–Crippen LogP) is 1.11. The fourth-order valence-electron chi connectivity index (χ4n) is 1.16. The first-order valence-electron chi connectivity index (χ1n) is 4.14. The summed E-state index contributed by atoms with van der Waals surface area (Å²) in [5.74, 6) is 0.181. The average molecular weight is 166 g/mol. The monoisotopic (exact) mass is 166 g/mol. The lowest BCUT2D eigenvalue weighted by Crippen LogP contribution is -2.03. The lowest BCUT2D eigenvalue weighted by Gasteiger charge is -1.95. The molecule has 0 saturated heterocycles. The van der Waals surface area contributed by atoms with Gasteiger partial charge in [0, 0.05) is 19.2 Å². The molecule has 1 aromatic heterocycles. The Morgan fingerprint density at radius 1 is 1.67 bits per heavy atom. The molecule has 0 aliphatic heterocycles. The van der Waals surface area contributed by atoms with E-state index >= 15 is 0 Å². The van der Waals surface area contributed by atoms with Gasteiger partial charge in [0.1, 0.15) is 5.78 Å². The summed E-state index contributed by atoms with van der Waals surface area (Å²) in [5.41, 5.74) is 2.05. The van der Waals surface area contributed by atoms with Crippen LogP contribution >= 0.6 is 0 Å². The molecule has 0 spiro atoms. The smallest absolute Gasteiger partial charge is 0.135 e. The summed E-state index contributed by atoms with van der Waals surface area (Å²) in [4.78, 5) is 10.8. The number of carbonyl (C=O) groups excluding carboxylic acids is 1. The van der Waals surface area contributed by atoms with Crippen molar-refractivity contribution in [2.75, 3.05) is 0 Å². The first kappa shape index (κ1) is 8.97. The van der Waals surface area contributed by atoms with Gasteiger partial charge in [-0.25, -0.2) is 0 Å². The van der Waals surface area contributed by atoms with Crippen molar-refractivity contribution in [3.8, 4) is 0 Å². The van der Waals surface area contributed by atoms with E-state index in [0.29, 0.717) is 6.42 Å². The molecule has 0 atom stereocenters. The van der Waals surface area contributed by atoms with E-state index in [4.69, 9.17) is 0 Å². The summed E-state index contributed by atoms with van der Waals surface area (Å²) in [7, 11) is 1.87. The third kappa shape index (κ3) is 1.94. The van der Waals surface area contributed by atoms with Crippen LogP contribution in [0.5, 0.6) is 0 Å². The van der Waals surface area contributed by atoms with E-state index in [1.165, 1.54) is 0 Å². The molecule has 1 rings (SSSR count). The Balaban J connectivity index is 2.84. The highest BCUT2D eigenvalue weighted by Gasteiger charge is 2.04. The van der Waals surface area contributed by atoms with Crippen molar-refractivity contribution >= 4 is 5.78 Å². The molecule has 3 nitrogen and oxygen atoms in total. The van der Waals surface area contributed by atoms with Crippen LogP contribution in [0.2, 0.25) is 0 Å². The van der Waals surface area contributed by atoms with E-state index in [2.05, 4.69) is 12.0 Å². The molecule has 0 aromatic carbocycles. The molecule has 0 amide bonds. The molecule has 0 bridgehead atoms. The second-order valence-electron chi connectivity index (χ2n) is 2.98. The molecular weight excluding hydrogens is 152 g/mol. The number of carbonyl (C=O) groups is 1. The highest BCUT2D eigenvalue weighted by Crippen LogP contribution is 2.04. The Morgan fingerprint density at radius 3 is 2.75 bits per heavy atom. The van der Waals surface area contributed by atoms with Crippen LogP contribution in [-0.4, -0.2) is 15.6 Å². The van der Waals surface area contributed by atoms with E-state index in [-0.39, 0.29) is 5.78 Å².